The van der Waals surface area contributed by atoms with Crippen LogP contribution >= 0.6 is 0 Å². The number of nitrogens with one attached hydrogen (secondary N) is 1. The van der Waals surface area contributed by atoms with Crippen molar-refractivity contribution < 1.29 is 0 Å². The Kier molecular flexibility index (Phi) is 5.21. The Morgan fingerprint density at radius 1 is 1.22 bits per heavy atom. The lowest BCUT2D eigenvalue weighted by Crippen LogP contribution is -2.44. The van der Waals surface area contributed by atoms with E-state index in [-0.39, 0.29) is 0 Å². The first-order valence-electron chi connectivity index (χ1n) is 7.36. The van der Waals surface area contributed by atoms with Crippen molar-refractivity contribution in [1.82, 2.24) is 10.2 Å². The van der Waals surface area contributed by atoms with Crippen LogP contribution in [0.25, 0.3) is 0 Å². The van der Waals surface area contributed by atoms with E-state index in [2.05, 4.69) is 48.3 Å². The van der Waals surface area contributed by atoms with Gasteiger partial charge in [-0.15, -0.1) is 0 Å². The molecule has 1 unspecified atom stereocenters. The first kappa shape index (κ1) is 13.6. The molecule has 0 spiro atoms. The van der Waals surface area contributed by atoms with Crippen molar-refractivity contribution in [2.75, 3.05) is 19.6 Å². The van der Waals surface area contributed by atoms with Gasteiger partial charge in [0.05, 0.1) is 0 Å². The highest BCUT2D eigenvalue weighted by molar-refractivity contribution is 5.29. The van der Waals surface area contributed by atoms with Gasteiger partial charge in [-0.25, -0.2) is 0 Å². The summed E-state index contributed by atoms with van der Waals surface area (Å²) in [6, 6.07) is 9.45. The lowest BCUT2D eigenvalue weighted by atomic mass is 9.95. The number of fused-ring (bicyclic) bond motifs is 1. The van der Waals surface area contributed by atoms with E-state index in [1.165, 1.54) is 50.0 Å². The zero-order valence-electron chi connectivity index (χ0n) is 11.8. The van der Waals surface area contributed by atoms with Crippen LogP contribution in [-0.4, -0.2) is 30.6 Å². The highest BCUT2D eigenvalue weighted by Crippen LogP contribution is 2.16. The van der Waals surface area contributed by atoms with Gasteiger partial charge in [-0.3, -0.25) is 0 Å². The van der Waals surface area contributed by atoms with Gasteiger partial charge in [-0.2, -0.15) is 0 Å². The Labute approximate surface area is 111 Å². The third kappa shape index (κ3) is 3.56. The Morgan fingerprint density at radius 2 is 2.00 bits per heavy atom. The van der Waals surface area contributed by atoms with Crippen LogP contribution in [-0.2, 0) is 13.0 Å². The molecule has 1 aliphatic rings. The summed E-state index contributed by atoms with van der Waals surface area (Å²) in [5.41, 5.74) is 3.01. The van der Waals surface area contributed by atoms with E-state index in [0.717, 1.165) is 6.54 Å². The number of hydrogen-bond acceptors (Lipinski definition) is 2. The maximum atomic E-state index is 3.67. The van der Waals surface area contributed by atoms with Crippen molar-refractivity contribution in [2.45, 2.75) is 45.7 Å². The second kappa shape index (κ2) is 6.91. The summed E-state index contributed by atoms with van der Waals surface area (Å²) < 4.78 is 0. The van der Waals surface area contributed by atoms with Gasteiger partial charge in [0.15, 0.2) is 0 Å². The number of hydrogen-bond donors (Lipinski definition) is 1. The number of rotatable bonds is 6. The van der Waals surface area contributed by atoms with E-state index in [1.54, 1.807) is 0 Å². The molecule has 1 heterocycles. The van der Waals surface area contributed by atoms with E-state index in [0.29, 0.717) is 6.04 Å². The fourth-order valence-corrected chi connectivity index (χ4v) is 2.72. The Morgan fingerprint density at radius 3 is 2.72 bits per heavy atom. The van der Waals surface area contributed by atoms with Crippen molar-refractivity contribution in [3.63, 3.8) is 0 Å². The summed E-state index contributed by atoms with van der Waals surface area (Å²) in [5.74, 6) is 0. The first-order chi connectivity index (χ1) is 8.83. The summed E-state index contributed by atoms with van der Waals surface area (Å²) in [6.07, 6.45) is 3.79. The molecule has 100 valence electrons. The Balaban J connectivity index is 1.88. The quantitative estimate of drug-likeness (QED) is 0.830. The molecule has 0 radical (unpaired) electrons. The van der Waals surface area contributed by atoms with Crippen LogP contribution in [0.3, 0.4) is 0 Å². The van der Waals surface area contributed by atoms with Crippen LogP contribution in [0.15, 0.2) is 24.3 Å². The van der Waals surface area contributed by atoms with E-state index < -0.39 is 0 Å². The topological polar surface area (TPSA) is 15.3 Å². The summed E-state index contributed by atoms with van der Waals surface area (Å²) in [7, 11) is 0. The lowest BCUT2D eigenvalue weighted by molar-refractivity contribution is 0.243. The highest BCUT2D eigenvalue weighted by atomic mass is 15.1. The zero-order valence-corrected chi connectivity index (χ0v) is 11.8. The normalized spacial score (nSPS) is 18.9. The van der Waals surface area contributed by atoms with Gasteiger partial charge in [0, 0.05) is 19.1 Å². The van der Waals surface area contributed by atoms with Gasteiger partial charge in [0.25, 0.3) is 0 Å². The molecule has 1 aliphatic heterocycles. The number of benzene rings is 1. The molecule has 0 saturated heterocycles. The van der Waals surface area contributed by atoms with Crippen molar-refractivity contribution in [3.8, 4) is 0 Å². The van der Waals surface area contributed by atoms with E-state index in [4.69, 9.17) is 0 Å². The molecule has 0 bridgehead atoms. The maximum absolute atomic E-state index is 3.67. The number of unbranched alkanes of at least 4 members (excludes halogenated alkanes) is 1. The molecule has 1 N–H and O–H groups in total. The molecular weight excluding hydrogens is 220 g/mol. The van der Waals surface area contributed by atoms with Crippen LogP contribution < -0.4 is 5.32 Å². The largest absolute Gasteiger partial charge is 0.308 e. The molecular formula is C16H26N2. The average Bonchev–Trinajstić information content (AvgIpc) is 2.43. The summed E-state index contributed by atoms with van der Waals surface area (Å²) in [5, 5.41) is 3.67. The van der Waals surface area contributed by atoms with Crippen LogP contribution in [0.5, 0.6) is 0 Å². The number of likely N-dealkylation sites (N-methyl/N-ethyl adjacent to an activating group) is 1. The highest BCUT2D eigenvalue weighted by Gasteiger charge is 2.19. The van der Waals surface area contributed by atoms with E-state index >= 15 is 0 Å². The summed E-state index contributed by atoms with van der Waals surface area (Å²) in [4.78, 5) is 2.58. The minimum absolute atomic E-state index is 0.622. The predicted octanol–water partition coefficient (Wildman–Crippen LogP) is 2.82. The minimum atomic E-state index is 0.622. The average molecular weight is 246 g/mol. The van der Waals surface area contributed by atoms with E-state index in [1.807, 2.05) is 0 Å². The van der Waals surface area contributed by atoms with Gasteiger partial charge in [0.2, 0.25) is 0 Å². The van der Waals surface area contributed by atoms with Gasteiger partial charge in [0.1, 0.15) is 0 Å². The van der Waals surface area contributed by atoms with Crippen LogP contribution in [0.2, 0.25) is 0 Å². The van der Waals surface area contributed by atoms with Crippen molar-refractivity contribution >= 4 is 0 Å². The molecule has 18 heavy (non-hydrogen) atoms. The standard InChI is InChI=1S/C16H26N2/c1-3-5-10-18(4-2)13-16-11-14-8-6-7-9-15(14)12-17-16/h6-9,16-17H,3-5,10-13H2,1-2H3. The molecule has 1 atom stereocenters. The fraction of sp³-hybridized carbons (Fsp3) is 0.625. The molecule has 0 amide bonds. The summed E-state index contributed by atoms with van der Waals surface area (Å²) in [6.45, 7) is 9.17. The molecule has 1 aromatic carbocycles. The maximum Gasteiger partial charge on any atom is 0.0238 e. The van der Waals surface area contributed by atoms with Gasteiger partial charge >= 0.3 is 0 Å². The van der Waals surface area contributed by atoms with Gasteiger partial charge in [-0.05, 0) is 37.1 Å². The monoisotopic (exact) mass is 246 g/mol. The van der Waals surface area contributed by atoms with Crippen LogP contribution in [0.1, 0.15) is 37.8 Å². The molecule has 0 fully saturated rings. The molecule has 0 aliphatic carbocycles. The fourth-order valence-electron chi connectivity index (χ4n) is 2.72. The molecule has 1 aromatic rings. The van der Waals surface area contributed by atoms with Gasteiger partial charge < -0.3 is 10.2 Å². The smallest absolute Gasteiger partial charge is 0.0238 e. The summed E-state index contributed by atoms with van der Waals surface area (Å²) >= 11 is 0. The Hall–Kier alpha value is -0.860. The van der Waals surface area contributed by atoms with E-state index in [9.17, 15) is 0 Å². The van der Waals surface area contributed by atoms with Crippen molar-refractivity contribution in [2.24, 2.45) is 0 Å². The molecule has 0 saturated carbocycles. The number of nitrogens with zero attached hydrogens (tertiary/aromatic N) is 1. The van der Waals surface area contributed by atoms with Crippen molar-refractivity contribution in [3.05, 3.63) is 35.4 Å². The molecule has 0 aromatic heterocycles. The predicted molar refractivity (Wildman–Crippen MR) is 77.8 cm³/mol. The van der Waals surface area contributed by atoms with Gasteiger partial charge in [-0.1, -0.05) is 44.5 Å². The molecule has 2 rings (SSSR count). The Bertz CT molecular complexity index is 362. The molecule has 2 heteroatoms. The first-order valence-corrected chi connectivity index (χ1v) is 7.36. The second-order valence-corrected chi connectivity index (χ2v) is 5.30. The minimum Gasteiger partial charge on any atom is -0.308 e. The van der Waals surface area contributed by atoms with Crippen LogP contribution in [0, 0.1) is 0 Å². The second-order valence-electron chi connectivity index (χ2n) is 5.30. The third-order valence-corrected chi connectivity index (χ3v) is 3.92. The lowest BCUT2D eigenvalue weighted by Gasteiger charge is -2.31. The molecule has 2 nitrogen and oxygen atoms in total. The zero-order chi connectivity index (χ0) is 12.8. The van der Waals surface area contributed by atoms with Crippen LogP contribution in [0.4, 0.5) is 0 Å². The SMILES string of the molecule is CCCCN(CC)CC1Cc2ccccc2CN1. The van der Waals surface area contributed by atoms with Crippen molar-refractivity contribution in [1.29, 1.82) is 0 Å². The third-order valence-electron chi connectivity index (χ3n) is 3.92.